The van der Waals surface area contributed by atoms with E-state index >= 15 is 0 Å². The van der Waals surface area contributed by atoms with Crippen LogP contribution in [0.2, 0.25) is 0 Å². The number of ether oxygens (including phenoxy) is 2. The number of hydrogen-bond donors (Lipinski definition) is 1. The predicted octanol–water partition coefficient (Wildman–Crippen LogP) is 8.70. The number of carbonyl (C=O) groups is 1. The van der Waals surface area contributed by atoms with E-state index in [1.807, 2.05) is 0 Å². The van der Waals surface area contributed by atoms with Crippen molar-refractivity contribution >= 4 is 40.6 Å². The third kappa shape index (κ3) is 11.2. The van der Waals surface area contributed by atoms with Gasteiger partial charge < -0.3 is 32.3 Å². The molecule has 3 atom stereocenters. The van der Waals surface area contributed by atoms with Crippen molar-refractivity contribution in [2.75, 3.05) is 42.6 Å². The van der Waals surface area contributed by atoms with Gasteiger partial charge >= 0.3 is 24.5 Å². The first kappa shape index (κ1) is 44.6. The largest absolute Gasteiger partial charge is 0.416 e. The summed E-state index contributed by atoms with van der Waals surface area (Å²) in [5.74, 6) is -0.586. The van der Waals surface area contributed by atoms with Gasteiger partial charge in [-0.2, -0.15) is 39.5 Å². The Morgan fingerprint density at radius 3 is 2.07 bits per heavy atom. The minimum Gasteiger partial charge on any atom is -0.394 e. The van der Waals surface area contributed by atoms with E-state index in [2.05, 4.69) is 14.9 Å². The molecule has 314 valence electrons. The van der Waals surface area contributed by atoms with Gasteiger partial charge in [-0.25, -0.2) is 9.97 Å². The van der Waals surface area contributed by atoms with Crippen LogP contribution in [0.1, 0.15) is 79.0 Å². The van der Waals surface area contributed by atoms with E-state index in [4.69, 9.17) is 12.5 Å². The summed E-state index contributed by atoms with van der Waals surface area (Å²) in [6, 6.07) is 2.18. The zero-order valence-corrected chi connectivity index (χ0v) is 33.0. The third-order valence-electron chi connectivity index (χ3n) is 10.0. The molecule has 0 radical (unpaired) electrons. The number of fused-ring (bicyclic) bond motifs is 1. The zero-order chi connectivity index (χ0) is 41.7. The van der Waals surface area contributed by atoms with Crippen molar-refractivity contribution in [3.63, 3.8) is 0 Å². The number of halogens is 10. The van der Waals surface area contributed by atoms with Crippen LogP contribution in [0, 0.1) is 5.92 Å². The highest BCUT2D eigenvalue weighted by Crippen LogP contribution is 2.46. The number of anilines is 2. The van der Waals surface area contributed by atoms with Crippen molar-refractivity contribution in [1.82, 2.24) is 14.9 Å². The fourth-order valence-corrected chi connectivity index (χ4v) is 7.51. The first-order valence-electron chi connectivity index (χ1n) is 18.1. The van der Waals surface area contributed by atoms with Crippen LogP contribution in [0.15, 0.2) is 48.8 Å². The quantitative estimate of drug-likeness (QED) is 0.0732. The van der Waals surface area contributed by atoms with Crippen LogP contribution in [0.5, 0.6) is 0 Å². The van der Waals surface area contributed by atoms with E-state index in [9.17, 15) is 49.4 Å². The van der Waals surface area contributed by atoms with E-state index in [1.165, 1.54) is 22.2 Å². The second-order valence-corrected chi connectivity index (χ2v) is 14.2. The summed E-state index contributed by atoms with van der Waals surface area (Å²) in [6.45, 7) is 5.04. The van der Waals surface area contributed by atoms with Crippen LogP contribution < -0.4 is 9.80 Å². The molecule has 2 aromatic carbocycles. The summed E-state index contributed by atoms with van der Waals surface area (Å²) in [7, 11) is 0. The van der Waals surface area contributed by atoms with Gasteiger partial charge in [0.05, 0.1) is 41.9 Å². The molecule has 2 aliphatic heterocycles. The molecule has 0 amide bonds. The number of likely N-dealkylation sites (tertiary alicyclic amines) is 1. The van der Waals surface area contributed by atoms with E-state index < -0.39 is 65.8 Å². The molecule has 3 aromatic rings. The average molecular weight is 934 g/mol. The number of benzene rings is 2. The smallest absolute Gasteiger partial charge is 0.394 e. The molecular weight excluding hydrogens is 892 g/mol. The number of hydrogen-bond acceptors (Lipinski definition) is 10. The highest BCUT2D eigenvalue weighted by atomic mass is 127. The highest BCUT2D eigenvalue weighted by molar-refractivity contribution is 14.1. The lowest BCUT2D eigenvalue weighted by molar-refractivity contribution is -0.143. The summed E-state index contributed by atoms with van der Waals surface area (Å²) < 4.78 is 142. The van der Waals surface area contributed by atoms with Crippen LogP contribution >= 0.6 is 23.0 Å². The topological polar surface area (TPSA) is 100 Å². The van der Waals surface area contributed by atoms with Gasteiger partial charge in [0.15, 0.2) is 23.0 Å². The normalized spacial score (nSPS) is 19.0. The van der Waals surface area contributed by atoms with Crippen LogP contribution in [0.3, 0.4) is 0 Å². The average Bonchev–Trinajstić information content (AvgIpc) is 3.17. The number of alkyl halides is 9. The fraction of sp³-hybridized carbons (Fsp3) is 0.541. The summed E-state index contributed by atoms with van der Waals surface area (Å²) >= 11 is 1.57. The monoisotopic (exact) mass is 933 g/mol. The van der Waals surface area contributed by atoms with Gasteiger partial charge in [-0.05, 0) is 93.2 Å². The second kappa shape index (κ2) is 18.6. The van der Waals surface area contributed by atoms with Crippen molar-refractivity contribution in [2.24, 2.45) is 5.92 Å². The molecule has 1 aromatic heterocycles. The van der Waals surface area contributed by atoms with Crippen LogP contribution in [-0.2, 0) is 49.0 Å². The van der Waals surface area contributed by atoms with Gasteiger partial charge in [-0.15, -0.1) is 0 Å². The van der Waals surface area contributed by atoms with Gasteiger partial charge in [-0.1, -0.05) is 6.92 Å². The standard InChI is InChI=1S/C37H41F9IN5O5/c1-3-28-17-31(29-16-25(35(38,39)40)5-6-30(29)52(28)34(54)56-4-2)51(20-22-13-26(36(41,42)43)15-27(14-22)37(44,45)46)33-48-18-23(19-49-33)21-55-12-11-50-9-7-24(8-10-50)32(53)57-47/h5-6,13-16,18-19,24,28,31,34,54H,3-4,7-12,17,20-21H2,1-2H3/t28-,31+,34?/m1/s1. The maximum atomic E-state index is 14.2. The fourth-order valence-electron chi connectivity index (χ4n) is 7.15. The highest BCUT2D eigenvalue weighted by Gasteiger charge is 2.42. The Morgan fingerprint density at radius 2 is 1.53 bits per heavy atom. The molecule has 2 aliphatic rings. The number of piperidine rings is 1. The lowest BCUT2D eigenvalue weighted by Crippen LogP contribution is -2.50. The molecule has 0 spiro atoms. The number of carbonyl (C=O) groups excluding carboxylic acids is 1. The Morgan fingerprint density at radius 1 is 0.912 bits per heavy atom. The van der Waals surface area contributed by atoms with Crippen molar-refractivity contribution < 1.29 is 62.0 Å². The molecule has 3 heterocycles. The number of nitrogens with zero attached hydrogens (tertiary/aromatic N) is 5. The van der Waals surface area contributed by atoms with E-state index in [0.29, 0.717) is 63.2 Å². The Hall–Kier alpha value is -3.47. The molecule has 20 heteroatoms. The van der Waals surface area contributed by atoms with Gasteiger partial charge in [0, 0.05) is 49.4 Å². The van der Waals surface area contributed by atoms with Crippen LogP contribution in [-0.4, -0.2) is 71.2 Å². The van der Waals surface area contributed by atoms with E-state index in [0.717, 1.165) is 18.2 Å². The summed E-state index contributed by atoms with van der Waals surface area (Å²) in [5.41, 5.74) is -4.06. The molecular formula is C37H41F9IN5O5. The molecule has 5 rings (SSSR count). The lowest BCUT2D eigenvalue weighted by atomic mass is 9.87. The number of rotatable bonds is 14. The SMILES string of the molecule is CCOC(O)N1c2ccc(C(F)(F)F)cc2[C@@H](N(Cc2cc(C(F)(F)F)cc(C(F)(F)F)c2)c2ncc(COCCN3CCC(C(=O)OI)CC3)cn2)C[C@H]1CC. The molecule has 1 N–H and O–H groups in total. The first-order chi connectivity index (χ1) is 26.8. The van der Waals surface area contributed by atoms with Crippen molar-refractivity contribution in [2.45, 2.75) is 89.7 Å². The number of aliphatic hydroxyl groups excluding tert-OH is 1. The van der Waals surface area contributed by atoms with Crippen LogP contribution in [0.4, 0.5) is 51.1 Å². The Labute approximate surface area is 337 Å². The predicted molar refractivity (Wildman–Crippen MR) is 197 cm³/mol. The maximum absolute atomic E-state index is 14.2. The van der Waals surface area contributed by atoms with Gasteiger partial charge in [0.1, 0.15) is 0 Å². The minimum absolute atomic E-state index is 0.00512. The van der Waals surface area contributed by atoms with Crippen molar-refractivity contribution in [3.8, 4) is 0 Å². The third-order valence-corrected chi connectivity index (χ3v) is 10.5. The van der Waals surface area contributed by atoms with E-state index in [1.54, 1.807) is 36.9 Å². The Bertz CT molecular complexity index is 1780. The molecule has 57 heavy (non-hydrogen) atoms. The summed E-state index contributed by atoms with van der Waals surface area (Å²) in [4.78, 5) is 25.4. The first-order valence-corrected chi connectivity index (χ1v) is 19.0. The zero-order valence-electron chi connectivity index (χ0n) is 30.8. The Kier molecular flexibility index (Phi) is 14.6. The summed E-state index contributed by atoms with van der Waals surface area (Å²) in [6.07, 6.45) is -12.4. The van der Waals surface area contributed by atoms with Crippen molar-refractivity contribution in [3.05, 3.63) is 82.2 Å². The van der Waals surface area contributed by atoms with Gasteiger partial charge in [-0.3, -0.25) is 4.79 Å². The molecule has 1 fully saturated rings. The molecule has 1 unspecified atom stereocenters. The number of aliphatic hydroxyl groups is 1. The van der Waals surface area contributed by atoms with Gasteiger partial charge in [0.2, 0.25) is 12.4 Å². The molecule has 1 saturated heterocycles. The molecule has 0 saturated carbocycles. The van der Waals surface area contributed by atoms with Crippen molar-refractivity contribution in [1.29, 1.82) is 0 Å². The minimum atomic E-state index is -5.15. The lowest BCUT2D eigenvalue weighted by Gasteiger charge is -2.47. The molecule has 0 bridgehead atoms. The summed E-state index contributed by atoms with van der Waals surface area (Å²) in [5, 5.41) is 11.0. The van der Waals surface area contributed by atoms with E-state index in [-0.39, 0.29) is 54.8 Å². The number of aromatic nitrogens is 2. The van der Waals surface area contributed by atoms with Gasteiger partial charge in [0.25, 0.3) is 0 Å². The second-order valence-electron chi connectivity index (χ2n) is 13.8. The molecule has 0 aliphatic carbocycles. The maximum Gasteiger partial charge on any atom is 0.416 e. The van der Waals surface area contributed by atoms with Crippen LogP contribution in [0.25, 0.3) is 0 Å². The molecule has 10 nitrogen and oxygen atoms in total. The Balaban J connectivity index is 1.49.